The fraction of sp³-hybridized carbons (Fsp3) is 0.458. The first kappa shape index (κ1) is 21.8. The molecule has 0 aliphatic rings. The van der Waals surface area contributed by atoms with E-state index in [1.54, 1.807) is 18.5 Å². The molecule has 2 rings (SSSR count). The lowest BCUT2D eigenvalue weighted by Gasteiger charge is -2.14. The van der Waals surface area contributed by atoms with Crippen molar-refractivity contribution in [3.63, 3.8) is 0 Å². The van der Waals surface area contributed by atoms with Gasteiger partial charge in [0.1, 0.15) is 5.57 Å². The number of hydrogen-bond acceptors (Lipinski definition) is 3. The van der Waals surface area contributed by atoms with Crippen LogP contribution in [0.2, 0.25) is 0 Å². The van der Waals surface area contributed by atoms with Gasteiger partial charge in [-0.15, -0.1) is 0 Å². The van der Waals surface area contributed by atoms with Crippen LogP contribution in [0.15, 0.2) is 48.8 Å². The van der Waals surface area contributed by atoms with E-state index in [2.05, 4.69) is 23.8 Å². The Kier molecular flexibility index (Phi) is 9.40. The summed E-state index contributed by atoms with van der Waals surface area (Å²) in [5.74, 6) is -0.650. The van der Waals surface area contributed by atoms with Crippen molar-refractivity contribution in [2.24, 2.45) is 0 Å². The van der Waals surface area contributed by atoms with E-state index in [4.69, 9.17) is 0 Å². The van der Waals surface area contributed by atoms with E-state index >= 15 is 0 Å². The van der Waals surface area contributed by atoms with Crippen molar-refractivity contribution < 1.29 is 9.90 Å². The summed E-state index contributed by atoms with van der Waals surface area (Å²) >= 11 is 0. The Hall–Kier alpha value is -2.49. The molecule has 2 aromatic rings. The number of carbonyl (C=O) groups is 1. The van der Waals surface area contributed by atoms with Crippen molar-refractivity contribution in [2.75, 3.05) is 0 Å². The molecule has 4 heteroatoms. The van der Waals surface area contributed by atoms with Gasteiger partial charge in [-0.05, 0) is 30.4 Å². The van der Waals surface area contributed by atoms with E-state index in [9.17, 15) is 9.90 Å². The van der Waals surface area contributed by atoms with Gasteiger partial charge in [0.25, 0.3) is 0 Å². The van der Waals surface area contributed by atoms with Gasteiger partial charge >= 0.3 is 5.97 Å². The van der Waals surface area contributed by atoms with Crippen molar-refractivity contribution in [2.45, 2.75) is 71.1 Å². The molecule has 0 amide bonds. The SMILES string of the molecule is CCCCCCCc1cnc(/C(=C\C(CCC)c2ccccc2)C(=O)O)nc1. The van der Waals surface area contributed by atoms with Gasteiger partial charge in [0.05, 0.1) is 0 Å². The summed E-state index contributed by atoms with van der Waals surface area (Å²) in [5, 5.41) is 9.74. The van der Waals surface area contributed by atoms with Crippen LogP contribution in [0.5, 0.6) is 0 Å². The molecule has 1 heterocycles. The highest BCUT2D eigenvalue weighted by Gasteiger charge is 2.17. The van der Waals surface area contributed by atoms with E-state index < -0.39 is 5.97 Å². The Morgan fingerprint density at radius 1 is 1.00 bits per heavy atom. The minimum atomic E-state index is -0.982. The second kappa shape index (κ2) is 12.1. The Morgan fingerprint density at radius 3 is 2.29 bits per heavy atom. The molecular weight excluding hydrogens is 348 g/mol. The van der Waals surface area contributed by atoms with E-state index in [1.807, 2.05) is 30.3 Å². The lowest BCUT2D eigenvalue weighted by molar-refractivity contribution is -0.130. The molecule has 1 aromatic carbocycles. The second-order valence-electron chi connectivity index (χ2n) is 7.27. The maximum Gasteiger partial charge on any atom is 0.339 e. The van der Waals surface area contributed by atoms with Crippen molar-refractivity contribution >= 4 is 11.5 Å². The molecule has 0 aliphatic carbocycles. The van der Waals surface area contributed by atoms with Crippen LogP contribution in [0, 0.1) is 0 Å². The summed E-state index contributed by atoms with van der Waals surface area (Å²) in [5.41, 5.74) is 2.36. The van der Waals surface area contributed by atoms with Crippen LogP contribution in [0.1, 0.15) is 81.7 Å². The molecule has 1 unspecified atom stereocenters. The maximum absolute atomic E-state index is 11.9. The minimum Gasteiger partial charge on any atom is -0.478 e. The first-order valence-corrected chi connectivity index (χ1v) is 10.5. The van der Waals surface area contributed by atoms with Crippen LogP contribution < -0.4 is 0 Å². The fourth-order valence-electron chi connectivity index (χ4n) is 3.36. The molecule has 0 saturated carbocycles. The number of aromatic nitrogens is 2. The topological polar surface area (TPSA) is 63.1 Å². The number of carboxylic acid groups (broad SMARTS) is 1. The van der Waals surface area contributed by atoms with Crippen LogP contribution in [-0.2, 0) is 11.2 Å². The smallest absolute Gasteiger partial charge is 0.339 e. The van der Waals surface area contributed by atoms with Gasteiger partial charge in [-0.1, -0.05) is 82.4 Å². The monoisotopic (exact) mass is 380 g/mol. The third kappa shape index (κ3) is 6.91. The number of unbranched alkanes of at least 4 members (excludes halogenated alkanes) is 4. The molecule has 0 spiro atoms. The average Bonchev–Trinajstić information content (AvgIpc) is 2.72. The lowest BCUT2D eigenvalue weighted by Crippen LogP contribution is -2.07. The summed E-state index contributed by atoms with van der Waals surface area (Å²) in [4.78, 5) is 20.6. The highest BCUT2D eigenvalue weighted by atomic mass is 16.4. The van der Waals surface area contributed by atoms with Crippen molar-refractivity contribution in [3.8, 4) is 0 Å². The van der Waals surface area contributed by atoms with Gasteiger partial charge in [0.15, 0.2) is 5.82 Å². The molecule has 1 aromatic heterocycles. The van der Waals surface area contributed by atoms with Crippen molar-refractivity contribution in [1.82, 2.24) is 9.97 Å². The third-order valence-electron chi connectivity index (χ3n) is 4.94. The molecule has 0 radical (unpaired) electrons. The number of hydrogen-bond donors (Lipinski definition) is 1. The summed E-state index contributed by atoms with van der Waals surface area (Å²) in [6.45, 7) is 4.32. The number of carboxylic acids is 1. The zero-order valence-electron chi connectivity index (χ0n) is 17.1. The normalized spacial score (nSPS) is 12.7. The lowest BCUT2D eigenvalue weighted by atomic mass is 9.92. The maximum atomic E-state index is 11.9. The largest absolute Gasteiger partial charge is 0.478 e. The van der Waals surface area contributed by atoms with Gasteiger partial charge < -0.3 is 5.11 Å². The van der Waals surface area contributed by atoms with E-state index in [1.165, 1.54) is 25.7 Å². The van der Waals surface area contributed by atoms with E-state index in [0.29, 0.717) is 5.82 Å². The van der Waals surface area contributed by atoms with Crippen molar-refractivity contribution in [3.05, 3.63) is 65.8 Å². The number of allylic oxidation sites excluding steroid dienone is 1. The molecule has 0 saturated heterocycles. The van der Waals surface area contributed by atoms with Crippen LogP contribution >= 0.6 is 0 Å². The van der Waals surface area contributed by atoms with Gasteiger partial charge in [-0.2, -0.15) is 0 Å². The first-order chi connectivity index (χ1) is 13.7. The first-order valence-electron chi connectivity index (χ1n) is 10.5. The Morgan fingerprint density at radius 2 is 1.68 bits per heavy atom. The summed E-state index contributed by atoms with van der Waals surface area (Å²) < 4.78 is 0. The Labute approximate surface area is 168 Å². The number of nitrogens with zero attached hydrogens (tertiary/aromatic N) is 2. The number of aryl methyl sites for hydroxylation is 1. The highest BCUT2D eigenvalue weighted by molar-refractivity contribution is 6.14. The predicted octanol–water partition coefficient (Wildman–Crippen LogP) is 6.04. The molecule has 0 fully saturated rings. The highest BCUT2D eigenvalue weighted by Crippen LogP contribution is 2.26. The molecule has 1 N–H and O–H groups in total. The fourth-order valence-corrected chi connectivity index (χ4v) is 3.36. The van der Waals surface area contributed by atoms with Gasteiger partial charge in [-0.3, -0.25) is 0 Å². The summed E-state index contributed by atoms with van der Waals surface area (Å²) in [6.07, 6.45) is 14.3. The van der Waals surface area contributed by atoms with E-state index in [0.717, 1.165) is 36.8 Å². The quantitative estimate of drug-likeness (QED) is 0.360. The molecule has 28 heavy (non-hydrogen) atoms. The zero-order valence-corrected chi connectivity index (χ0v) is 17.1. The third-order valence-corrected chi connectivity index (χ3v) is 4.94. The van der Waals surface area contributed by atoms with Crippen LogP contribution in [0.3, 0.4) is 0 Å². The molecule has 150 valence electrons. The number of aliphatic carboxylic acids is 1. The van der Waals surface area contributed by atoms with Gasteiger partial charge in [0.2, 0.25) is 0 Å². The minimum absolute atomic E-state index is 0.0409. The molecule has 1 atom stereocenters. The summed E-state index contributed by atoms with van der Waals surface area (Å²) in [6, 6.07) is 10.0. The second-order valence-corrected chi connectivity index (χ2v) is 7.27. The van der Waals surface area contributed by atoms with Crippen LogP contribution in [0.25, 0.3) is 5.57 Å². The van der Waals surface area contributed by atoms with Gasteiger partial charge in [0, 0.05) is 18.3 Å². The zero-order chi connectivity index (χ0) is 20.2. The average molecular weight is 381 g/mol. The van der Waals surface area contributed by atoms with Gasteiger partial charge in [-0.25, -0.2) is 14.8 Å². The number of rotatable bonds is 12. The Balaban J connectivity index is 2.13. The molecule has 0 aliphatic heterocycles. The van der Waals surface area contributed by atoms with Crippen molar-refractivity contribution in [1.29, 1.82) is 0 Å². The van der Waals surface area contributed by atoms with Crippen LogP contribution in [-0.4, -0.2) is 21.0 Å². The predicted molar refractivity (Wildman–Crippen MR) is 114 cm³/mol. The van der Waals surface area contributed by atoms with E-state index in [-0.39, 0.29) is 11.5 Å². The molecule has 0 bridgehead atoms. The Bertz CT molecular complexity index is 739. The molecular formula is C24H32N2O2. The number of benzene rings is 1. The summed E-state index contributed by atoms with van der Waals surface area (Å²) in [7, 11) is 0. The standard InChI is InChI=1S/C24H32N2O2/c1-3-5-6-7-9-13-19-17-25-23(26-18-19)22(24(27)28)16-21(12-4-2)20-14-10-8-11-15-20/h8,10-11,14-18,21H,3-7,9,12-13H2,1-2H3,(H,27,28)/b22-16+. The van der Waals surface area contributed by atoms with Crippen LogP contribution in [0.4, 0.5) is 0 Å². The molecule has 4 nitrogen and oxygen atoms in total.